The van der Waals surface area contributed by atoms with Gasteiger partial charge in [-0.05, 0) is 64.6 Å². The van der Waals surface area contributed by atoms with Crippen molar-refractivity contribution in [1.82, 2.24) is 15.5 Å². The van der Waals surface area contributed by atoms with Crippen LogP contribution in [0.5, 0.6) is 0 Å². The average Bonchev–Trinajstić information content (AvgIpc) is 2.92. The van der Waals surface area contributed by atoms with Crippen LogP contribution in [0.2, 0.25) is 0 Å². The Kier molecular flexibility index (Phi) is 6.40. The van der Waals surface area contributed by atoms with Crippen molar-refractivity contribution in [3.8, 4) is 0 Å². The van der Waals surface area contributed by atoms with E-state index in [1.165, 1.54) is 24.8 Å². The van der Waals surface area contributed by atoms with Crippen LogP contribution in [0, 0.1) is 19.8 Å². The molecule has 0 bridgehead atoms. The number of carbonyl (C=O) groups excluding carboxylic acids is 1. The highest BCUT2D eigenvalue weighted by Crippen LogP contribution is 2.21. The molecular formula is C20H33N3O2. The second-order valence-electron chi connectivity index (χ2n) is 7.85. The van der Waals surface area contributed by atoms with Gasteiger partial charge in [-0.25, -0.2) is 4.79 Å². The summed E-state index contributed by atoms with van der Waals surface area (Å²) >= 11 is 0. The molecule has 1 aliphatic carbocycles. The number of likely N-dealkylation sites (tertiary alicyclic amines) is 1. The maximum Gasteiger partial charge on any atom is 0.315 e. The highest BCUT2D eigenvalue weighted by molar-refractivity contribution is 5.74. The lowest BCUT2D eigenvalue weighted by atomic mass is 9.95. The van der Waals surface area contributed by atoms with Crippen LogP contribution in [0.4, 0.5) is 4.79 Å². The van der Waals surface area contributed by atoms with Crippen molar-refractivity contribution in [2.75, 3.05) is 19.6 Å². The highest BCUT2D eigenvalue weighted by Gasteiger charge is 2.21. The molecule has 5 heteroatoms. The van der Waals surface area contributed by atoms with Gasteiger partial charge >= 0.3 is 6.03 Å². The van der Waals surface area contributed by atoms with E-state index in [2.05, 4.69) is 21.6 Å². The molecule has 2 amide bonds. The summed E-state index contributed by atoms with van der Waals surface area (Å²) in [5.41, 5.74) is 1.31. The SMILES string of the molecule is Cc1cc(CN2CCC(CNC(=O)NC3CCCCC3)CC2)c(C)o1. The number of hydrogen-bond donors (Lipinski definition) is 2. The van der Waals surface area contributed by atoms with Gasteiger partial charge in [0.2, 0.25) is 0 Å². The Morgan fingerprint density at radius 3 is 2.52 bits per heavy atom. The lowest BCUT2D eigenvalue weighted by molar-refractivity contribution is 0.173. The third-order valence-electron chi connectivity index (χ3n) is 5.74. The van der Waals surface area contributed by atoms with Crippen LogP contribution in [0.1, 0.15) is 62.0 Å². The highest BCUT2D eigenvalue weighted by atomic mass is 16.3. The molecule has 0 radical (unpaired) electrons. The van der Waals surface area contributed by atoms with E-state index >= 15 is 0 Å². The van der Waals surface area contributed by atoms with Crippen molar-refractivity contribution in [2.45, 2.75) is 71.4 Å². The van der Waals surface area contributed by atoms with E-state index in [0.717, 1.165) is 63.4 Å². The summed E-state index contributed by atoms with van der Waals surface area (Å²) in [4.78, 5) is 14.6. The number of urea groups is 1. The molecule has 0 aromatic carbocycles. The molecule has 0 unspecified atom stereocenters. The molecule has 2 N–H and O–H groups in total. The molecule has 140 valence electrons. The van der Waals surface area contributed by atoms with Gasteiger partial charge in [0, 0.05) is 24.7 Å². The Morgan fingerprint density at radius 2 is 1.88 bits per heavy atom. The number of furan rings is 1. The number of rotatable bonds is 5. The smallest absolute Gasteiger partial charge is 0.315 e. The molecule has 1 saturated heterocycles. The summed E-state index contributed by atoms with van der Waals surface area (Å²) in [6, 6.07) is 2.56. The molecule has 5 nitrogen and oxygen atoms in total. The largest absolute Gasteiger partial charge is 0.466 e. The van der Waals surface area contributed by atoms with E-state index in [-0.39, 0.29) is 6.03 Å². The number of hydrogen-bond acceptors (Lipinski definition) is 3. The molecule has 1 aromatic rings. The summed E-state index contributed by atoms with van der Waals surface area (Å²) in [6.45, 7) is 8.03. The Balaban J connectivity index is 1.33. The van der Waals surface area contributed by atoms with Gasteiger partial charge in [-0.2, -0.15) is 0 Å². The average molecular weight is 348 g/mol. The van der Waals surface area contributed by atoms with Crippen LogP contribution in [0.3, 0.4) is 0 Å². The minimum Gasteiger partial charge on any atom is -0.466 e. The first kappa shape index (κ1) is 18.3. The predicted molar refractivity (Wildman–Crippen MR) is 99.6 cm³/mol. The zero-order valence-electron chi connectivity index (χ0n) is 15.8. The Morgan fingerprint density at radius 1 is 1.16 bits per heavy atom. The van der Waals surface area contributed by atoms with Crippen LogP contribution in [-0.2, 0) is 6.54 Å². The molecule has 1 saturated carbocycles. The van der Waals surface area contributed by atoms with Gasteiger partial charge in [-0.3, -0.25) is 4.90 Å². The fourth-order valence-corrected chi connectivity index (χ4v) is 4.15. The van der Waals surface area contributed by atoms with Crippen molar-refractivity contribution >= 4 is 6.03 Å². The topological polar surface area (TPSA) is 57.5 Å². The number of amides is 2. The molecule has 2 heterocycles. The summed E-state index contributed by atoms with van der Waals surface area (Å²) in [6.07, 6.45) is 8.39. The quantitative estimate of drug-likeness (QED) is 0.853. The molecule has 3 rings (SSSR count). The van der Waals surface area contributed by atoms with Crippen LogP contribution in [-0.4, -0.2) is 36.6 Å². The molecule has 2 aliphatic rings. The maximum absolute atomic E-state index is 12.1. The first-order chi connectivity index (χ1) is 12.1. The summed E-state index contributed by atoms with van der Waals surface area (Å²) in [7, 11) is 0. The molecule has 1 aliphatic heterocycles. The Bertz CT molecular complexity index is 555. The first-order valence-corrected chi connectivity index (χ1v) is 9.93. The number of carbonyl (C=O) groups is 1. The third-order valence-corrected chi connectivity index (χ3v) is 5.74. The Labute approximate surface area is 151 Å². The van der Waals surface area contributed by atoms with Gasteiger partial charge in [0.15, 0.2) is 0 Å². The minimum atomic E-state index is 0.0267. The second-order valence-corrected chi connectivity index (χ2v) is 7.85. The van der Waals surface area contributed by atoms with Gasteiger partial charge < -0.3 is 15.1 Å². The normalized spacial score (nSPS) is 20.6. The van der Waals surface area contributed by atoms with Crippen molar-refractivity contribution in [3.63, 3.8) is 0 Å². The number of aryl methyl sites for hydroxylation is 2. The summed E-state index contributed by atoms with van der Waals surface area (Å²) < 4.78 is 5.62. The fourth-order valence-electron chi connectivity index (χ4n) is 4.15. The third kappa shape index (κ3) is 5.50. The van der Waals surface area contributed by atoms with Crippen molar-refractivity contribution in [2.24, 2.45) is 5.92 Å². The minimum absolute atomic E-state index is 0.0267. The van der Waals surface area contributed by atoms with Crippen molar-refractivity contribution < 1.29 is 9.21 Å². The van der Waals surface area contributed by atoms with E-state index in [0.29, 0.717) is 12.0 Å². The second kappa shape index (κ2) is 8.75. The van der Waals surface area contributed by atoms with Crippen LogP contribution in [0.25, 0.3) is 0 Å². The number of nitrogens with zero attached hydrogens (tertiary/aromatic N) is 1. The Hall–Kier alpha value is -1.49. The molecule has 1 aromatic heterocycles. The van der Waals surface area contributed by atoms with Gasteiger partial charge in [0.05, 0.1) is 0 Å². The predicted octanol–water partition coefficient (Wildman–Crippen LogP) is 3.74. The van der Waals surface area contributed by atoms with E-state index < -0.39 is 0 Å². The lowest BCUT2D eigenvalue weighted by Gasteiger charge is -2.32. The number of nitrogens with one attached hydrogen (secondary N) is 2. The van der Waals surface area contributed by atoms with Gasteiger partial charge in [0.25, 0.3) is 0 Å². The van der Waals surface area contributed by atoms with E-state index in [1.807, 2.05) is 13.8 Å². The lowest BCUT2D eigenvalue weighted by Crippen LogP contribution is -2.45. The molecule has 25 heavy (non-hydrogen) atoms. The maximum atomic E-state index is 12.1. The van der Waals surface area contributed by atoms with E-state index in [1.54, 1.807) is 0 Å². The van der Waals surface area contributed by atoms with E-state index in [9.17, 15) is 4.79 Å². The van der Waals surface area contributed by atoms with E-state index in [4.69, 9.17) is 4.42 Å². The first-order valence-electron chi connectivity index (χ1n) is 9.93. The van der Waals surface area contributed by atoms with Crippen molar-refractivity contribution in [3.05, 3.63) is 23.2 Å². The monoisotopic (exact) mass is 347 g/mol. The van der Waals surface area contributed by atoms with Gasteiger partial charge in [0.1, 0.15) is 11.5 Å². The summed E-state index contributed by atoms with van der Waals surface area (Å²) in [5, 5.41) is 6.23. The summed E-state index contributed by atoms with van der Waals surface area (Å²) in [5.74, 6) is 2.64. The standard InChI is InChI=1S/C20H33N3O2/c1-15-12-18(16(2)25-15)14-23-10-8-17(9-11-23)13-21-20(24)22-19-6-4-3-5-7-19/h12,17,19H,3-11,13-14H2,1-2H3,(H2,21,22,24). The zero-order valence-corrected chi connectivity index (χ0v) is 15.8. The van der Waals surface area contributed by atoms with Gasteiger partial charge in [-0.15, -0.1) is 0 Å². The van der Waals surface area contributed by atoms with Gasteiger partial charge in [-0.1, -0.05) is 19.3 Å². The number of piperidine rings is 1. The molecular weight excluding hydrogens is 314 g/mol. The molecule has 0 spiro atoms. The zero-order chi connectivity index (χ0) is 17.6. The molecule has 0 atom stereocenters. The fraction of sp³-hybridized carbons (Fsp3) is 0.750. The molecule has 2 fully saturated rings. The van der Waals surface area contributed by atoms with Crippen LogP contribution < -0.4 is 10.6 Å². The van der Waals surface area contributed by atoms with Crippen molar-refractivity contribution in [1.29, 1.82) is 0 Å². The van der Waals surface area contributed by atoms with Crippen LogP contribution >= 0.6 is 0 Å². The van der Waals surface area contributed by atoms with Crippen LogP contribution in [0.15, 0.2) is 10.5 Å².